The molecule has 0 saturated carbocycles. The summed E-state index contributed by atoms with van der Waals surface area (Å²) in [5.74, 6) is 0. The van der Waals surface area contributed by atoms with Crippen LogP contribution in [0.3, 0.4) is 0 Å². The predicted molar refractivity (Wildman–Crippen MR) is 256 cm³/mol. The maximum Gasteiger partial charge on any atom is 0.109 e. The van der Waals surface area contributed by atoms with E-state index in [0.717, 1.165) is 17.1 Å². The van der Waals surface area contributed by atoms with Crippen molar-refractivity contribution in [2.24, 2.45) is 0 Å². The van der Waals surface area contributed by atoms with Gasteiger partial charge < -0.3 is 9.47 Å². The number of para-hydroxylation sites is 4. The molecular weight excluding hydrogens is 747 g/mol. The second-order valence-electron chi connectivity index (χ2n) is 15.3. The van der Waals surface area contributed by atoms with Crippen LogP contribution in [-0.4, -0.2) is 8.97 Å². The third-order valence-corrected chi connectivity index (χ3v) is 13.1. The molecule has 0 amide bonds. The van der Waals surface area contributed by atoms with Crippen LogP contribution in [-0.2, 0) is 0 Å². The molecular formula is C56H37N3S. The molecule has 0 saturated heterocycles. The molecule has 282 valence electrons. The summed E-state index contributed by atoms with van der Waals surface area (Å²) in [5, 5.41) is 3.78. The zero-order valence-electron chi connectivity index (χ0n) is 32.6. The van der Waals surface area contributed by atoms with E-state index in [1.807, 2.05) is 11.3 Å². The summed E-state index contributed by atoms with van der Waals surface area (Å²) in [6.07, 6.45) is 0. The molecule has 60 heavy (non-hydrogen) atoms. The lowest BCUT2D eigenvalue weighted by atomic mass is 9.98. The molecule has 9 aromatic carbocycles. The Labute approximate surface area is 351 Å². The third-order valence-electron chi connectivity index (χ3n) is 11.9. The number of benzene rings is 9. The molecule has 0 aliphatic carbocycles. The normalized spacial score (nSPS) is 11.7. The van der Waals surface area contributed by atoms with Gasteiger partial charge in [0.1, 0.15) is 4.83 Å². The number of hydrogen-bond acceptors (Lipinski definition) is 2. The maximum atomic E-state index is 2.49. The van der Waals surface area contributed by atoms with E-state index in [4.69, 9.17) is 0 Å². The fourth-order valence-corrected chi connectivity index (χ4v) is 10.6. The van der Waals surface area contributed by atoms with E-state index < -0.39 is 0 Å². The van der Waals surface area contributed by atoms with E-state index in [2.05, 4.69) is 238 Å². The molecule has 0 spiro atoms. The summed E-state index contributed by atoms with van der Waals surface area (Å²) >= 11 is 1.89. The van der Waals surface area contributed by atoms with Gasteiger partial charge in [-0.05, 0) is 107 Å². The van der Waals surface area contributed by atoms with Crippen molar-refractivity contribution >= 4 is 76.2 Å². The minimum atomic E-state index is 1.12. The highest BCUT2D eigenvalue weighted by Gasteiger charge is 2.22. The standard InChI is InChI=1S/C56H37N3S/c1-5-16-39(17-6-1)54-49-37-41(40-30-34-51-48(36-40)47-24-13-14-26-50(47)58(51)44-22-11-4-12-23-44)31-35-52(49)59-53-27-15-25-46(55(53)60-56(54)59)38-28-32-45(33-29-38)57(42-18-7-2-8-19-42)43-20-9-3-10-21-43/h1-37H. The number of nitrogens with zero attached hydrogens (tertiary/aromatic N) is 3. The van der Waals surface area contributed by atoms with Gasteiger partial charge in [-0.3, -0.25) is 4.40 Å². The van der Waals surface area contributed by atoms with Crippen LogP contribution in [0.2, 0.25) is 0 Å². The number of aromatic nitrogens is 2. The Kier molecular flexibility index (Phi) is 8.03. The summed E-state index contributed by atoms with van der Waals surface area (Å²) in [6.45, 7) is 0. The lowest BCUT2D eigenvalue weighted by Crippen LogP contribution is -2.09. The van der Waals surface area contributed by atoms with Crippen molar-refractivity contribution in [1.82, 2.24) is 8.97 Å². The fourth-order valence-electron chi connectivity index (χ4n) is 9.20. The molecule has 3 nitrogen and oxygen atoms in total. The average Bonchev–Trinajstić information content (AvgIpc) is 3.97. The van der Waals surface area contributed by atoms with Crippen LogP contribution >= 0.6 is 11.3 Å². The second-order valence-corrected chi connectivity index (χ2v) is 16.3. The Morgan fingerprint density at radius 1 is 0.350 bits per heavy atom. The van der Waals surface area contributed by atoms with Crippen molar-refractivity contribution in [2.45, 2.75) is 0 Å². The Bertz CT molecular complexity index is 3470. The van der Waals surface area contributed by atoms with Crippen molar-refractivity contribution < 1.29 is 0 Å². The summed E-state index contributed by atoms with van der Waals surface area (Å²) in [6, 6.07) is 81.3. The lowest BCUT2D eigenvalue weighted by molar-refractivity contribution is 1.18. The van der Waals surface area contributed by atoms with Crippen LogP contribution in [0.15, 0.2) is 224 Å². The van der Waals surface area contributed by atoms with Crippen LogP contribution < -0.4 is 4.90 Å². The van der Waals surface area contributed by atoms with E-state index in [0.29, 0.717) is 0 Å². The number of hydrogen-bond donors (Lipinski definition) is 0. The molecule has 0 bridgehead atoms. The number of fused-ring (bicyclic) bond motifs is 8. The highest BCUT2D eigenvalue weighted by atomic mass is 32.1. The largest absolute Gasteiger partial charge is 0.311 e. The van der Waals surface area contributed by atoms with Crippen molar-refractivity contribution in [2.75, 3.05) is 4.90 Å². The van der Waals surface area contributed by atoms with Crippen molar-refractivity contribution in [1.29, 1.82) is 0 Å². The van der Waals surface area contributed by atoms with Crippen molar-refractivity contribution in [3.63, 3.8) is 0 Å². The lowest BCUT2D eigenvalue weighted by Gasteiger charge is -2.25. The van der Waals surface area contributed by atoms with Gasteiger partial charge in [-0.25, -0.2) is 0 Å². The fraction of sp³-hybridized carbons (Fsp3) is 0. The monoisotopic (exact) mass is 783 g/mol. The van der Waals surface area contributed by atoms with Gasteiger partial charge in [-0.1, -0.05) is 140 Å². The third kappa shape index (κ3) is 5.49. The summed E-state index contributed by atoms with van der Waals surface area (Å²) in [7, 11) is 0. The van der Waals surface area contributed by atoms with Crippen molar-refractivity contribution in [3.8, 4) is 39.1 Å². The molecule has 12 rings (SSSR count). The van der Waals surface area contributed by atoms with Crippen LogP contribution in [0, 0.1) is 0 Å². The Hall–Kier alpha value is -7.66. The molecule has 4 heteroatoms. The summed E-state index contributed by atoms with van der Waals surface area (Å²) < 4.78 is 6.15. The van der Waals surface area contributed by atoms with E-state index in [1.165, 1.54) is 86.8 Å². The molecule has 0 N–H and O–H groups in total. The van der Waals surface area contributed by atoms with Gasteiger partial charge in [-0.15, -0.1) is 11.3 Å². The maximum absolute atomic E-state index is 2.49. The van der Waals surface area contributed by atoms with Crippen LogP contribution in [0.5, 0.6) is 0 Å². The highest BCUT2D eigenvalue weighted by molar-refractivity contribution is 7.25. The number of rotatable bonds is 7. The van der Waals surface area contributed by atoms with Crippen molar-refractivity contribution in [3.05, 3.63) is 224 Å². The predicted octanol–water partition coefficient (Wildman–Crippen LogP) is 15.9. The average molecular weight is 784 g/mol. The van der Waals surface area contributed by atoms with Gasteiger partial charge >= 0.3 is 0 Å². The van der Waals surface area contributed by atoms with Gasteiger partial charge in [0, 0.05) is 50.0 Å². The first-order valence-corrected chi connectivity index (χ1v) is 21.2. The van der Waals surface area contributed by atoms with Crippen LogP contribution in [0.1, 0.15) is 0 Å². The topological polar surface area (TPSA) is 12.6 Å². The number of thiazole rings is 1. The molecule has 3 heterocycles. The minimum Gasteiger partial charge on any atom is -0.311 e. The molecule has 0 fully saturated rings. The van der Waals surface area contributed by atoms with E-state index in [1.54, 1.807) is 0 Å². The first-order valence-electron chi connectivity index (χ1n) is 20.4. The minimum absolute atomic E-state index is 1.12. The van der Waals surface area contributed by atoms with Crippen LogP contribution in [0.4, 0.5) is 17.1 Å². The molecule has 3 aromatic heterocycles. The molecule has 0 unspecified atom stereocenters. The van der Waals surface area contributed by atoms with E-state index >= 15 is 0 Å². The molecule has 0 aliphatic heterocycles. The Morgan fingerprint density at radius 3 is 1.58 bits per heavy atom. The summed E-state index contributed by atoms with van der Waals surface area (Å²) in [4.78, 5) is 3.57. The Balaban J connectivity index is 1.00. The van der Waals surface area contributed by atoms with Crippen LogP contribution in [0.25, 0.3) is 86.8 Å². The number of anilines is 3. The first-order chi connectivity index (χ1) is 29.8. The van der Waals surface area contributed by atoms with Gasteiger partial charge in [-0.2, -0.15) is 0 Å². The quantitative estimate of drug-likeness (QED) is 0.157. The smallest absolute Gasteiger partial charge is 0.109 e. The molecule has 0 aliphatic rings. The molecule has 12 aromatic rings. The zero-order valence-corrected chi connectivity index (χ0v) is 33.4. The van der Waals surface area contributed by atoms with Gasteiger partial charge in [0.15, 0.2) is 0 Å². The summed E-state index contributed by atoms with van der Waals surface area (Å²) in [5.41, 5.74) is 16.8. The SMILES string of the molecule is c1ccc(-c2c3cc(-c4ccc5c(c4)c4ccccc4n5-c4ccccc4)ccc3n3c2sc2c(-c4ccc(N(c5ccccc5)c5ccccc5)cc4)cccc23)cc1. The van der Waals surface area contributed by atoms with Gasteiger partial charge in [0.2, 0.25) is 0 Å². The highest BCUT2D eigenvalue weighted by Crippen LogP contribution is 2.46. The second kappa shape index (κ2) is 14.0. The van der Waals surface area contributed by atoms with E-state index in [-0.39, 0.29) is 0 Å². The first kappa shape index (κ1) is 34.4. The van der Waals surface area contributed by atoms with Gasteiger partial charge in [0.05, 0.1) is 26.8 Å². The Morgan fingerprint density at radius 2 is 0.883 bits per heavy atom. The van der Waals surface area contributed by atoms with E-state index in [9.17, 15) is 0 Å². The molecule has 0 atom stereocenters. The zero-order chi connectivity index (χ0) is 39.6. The molecule has 0 radical (unpaired) electrons. The van der Waals surface area contributed by atoms with Gasteiger partial charge in [0.25, 0.3) is 0 Å².